The van der Waals surface area contributed by atoms with E-state index in [0.29, 0.717) is 5.56 Å². The molecule has 4 nitrogen and oxygen atoms in total. The van der Waals surface area contributed by atoms with Crippen molar-refractivity contribution in [2.24, 2.45) is 0 Å². The molecule has 0 saturated carbocycles. The fraction of sp³-hybridized carbons (Fsp3) is 0.316. The van der Waals surface area contributed by atoms with Crippen molar-refractivity contribution in [1.82, 2.24) is 0 Å². The zero-order chi connectivity index (χ0) is 16.6. The summed E-state index contributed by atoms with van der Waals surface area (Å²) in [6, 6.07) is 15.4. The van der Waals surface area contributed by atoms with Gasteiger partial charge in [0.15, 0.2) is 6.23 Å². The van der Waals surface area contributed by atoms with Gasteiger partial charge in [-0.25, -0.2) is 0 Å². The highest BCUT2D eigenvalue weighted by Crippen LogP contribution is 2.46. The highest BCUT2D eigenvalue weighted by atomic mass is 16.6. The molecule has 120 valence electrons. The van der Waals surface area contributed by atoms with E-state index >= 15 is 0 Å². The zero-order valence-corrected chi connectivity index (χ0v) is 13.9. The normalized spacial score (nSPS) is 23.0. The predicted octanol–water partition coefficient (Wildman–Crippen LogP) is 3.49. The smallest absolute Gasteiger partial charge is 0.260 e. The highest BCUT2D eigenvalue weighted by Gasteiger charge is 2.51. The van der Waals surface area contributed by atoms with E-state index in [-0.39, 0.29) is 5.91 Å². The minimum Gasteiger partial charge on any atom is -0.369 e. The van der Waals surface area contributed by atoms with Crippen LogP contribution in [0.15, 0.2) is 48.5 Å². The molecular weight excluding hydrogens is 290 g/mol. The molecule has 2 atom stereocenters. The van der Waals surface area contributed by atoms with Crippen LogP contribution in [-0.4, -0.2) is 26.4 Å². The quantitative estimate of drug-likeness (QED) is 0.871. The third-order valence-electron chi connectivity index (χ3n) is 4.65. The largest absolute Gasteiger partial charge is 0.369 e. The van der Waals surface area contributed by atoms with Gasteiger partial charge in [0.2, 0.25) is 0 Å². The Balaban J connectivity index is 2.15. The number of methoxy groups -OCH3 is 2. The third kappa shape index (κ3) is 2.26. The Morgan fingerprint density at radius 1 is 1.09 bits per heavy atom. The first kappa shape index (κ1) is 15.7. The predicted molar refractivity (Wildman–Crippen MR) is 89.6 cm³/mol. The molecule has 1 amide bonds. The van der Waals surface area contributed by atoms with Gasteiger partial charge in [-0.3, -0.25) is 9.69 Å². The fourth-order valence-electron chi connectivity index (χ4n) is 3.31. The van der Waals surface area contributed by atoms with Crippen LogP contribution in [0.2, 0.25) is 0 Å². The topological polar surface area (TPSA) is 38.8 Å². The molecule has 0 fully saturated rings. The van der Waals surface area contributed by atoms with E-state index in [0.717, 1.165) is 16.8 Å². The lowest BCUT2D eigenvalue weighted by atomic mass is 9.97. The lowest BCUT2D eigenvalue weighted by Gasteiger charge is -2.33. The lowest BCUT2D eigenvalue weighted by molar-refractivity contribution is -0.0994. The van der Waals surface area contributed by atoms with Gasteiger partial charge < -0.3 is 9.47 Å². The maximum Gasteiger partial charge on any atom is 0.260 e. The number of ether oxygens (including phenoxy) is 2. The number of para-hydroxylation sites is 1. The maximum absolute atomic E-state index is 13.2. The van der Waals surface area contributed by atoms with Crippen LogP contribution in [0.1, 0.15) is 28.4 Å². The van der Waals surface area contributed by atoms with Crippen molar-refractivity contribution in [3.8, 4) is 0 Å². The van der Waals surface area contributed by atoms with Gasteiger partial charge in [0.05, 0.1) is 5.69 Å². The number of hydrogen-bond donors (Lipinski definition) is 0. The summed E-state index contributed by atoms with van der Waals surface area (Å²) in [6.45, 7) is 3.89. The molecule has 0 aliphatic carbocycles. The molecule has 2 aromatic carbocycles. The number of carbonyl (C=O) groups is 1. The van der Waals surface area contributed by atoms with Crippen molar-refractivity contribution in [3.05, 3.63) is 65.2 Å². The highest BCUT2D eigenvalue weighted by molar-refractivity contribution is 6.08. The van der Waals surface area contributed by atoms with Crippen LogP contribution >= 0.6 is 0 Å². The zero-order valence-electron chi connectivity index (χ0n) is 13.9. The molecule has 23 heavy (non-hydrogen) atoms. The van der Waals surface area contributed by atoms with Gasteiger partial charge in [-0.15, -0.1) is 0 Å². The van der Waals surface area contributed by atoms with Crippen molar-refractivity contribution >= 4 is 11.6 Å². The maximum atomic E-state index is 13.2. The minimum absolute atomic E-state index is 0.0804. The minimum atomic E-state index is -0.705. The van der Waals surface area contributed by atoms with E-state index in [2.05, 4.69) is 0 Å². The molecule has 0 saturated heterocycles. The summed E-state index contributed by atoms with van der Waals surface area (Å²) in [7, 11) is 3.25. The molecule has 0 radical (unpaired) electrons. The summed E-state index contributed by atoms with van der Waals surface area (Å²) < 4.78 is 11.4. The van der Waals surface area contributed by atoms with Gasteiger partial charge >= 0.3 is 0 Å². The number of rotatable bonds is 3. The van der Waals surface area contributed by atoms with Gasteiger partial charge in [0.25, 0.3) is 5.91 Å². The van der Waals surface area contributed by atoms with E-state index in [4.69, 9.17) is 9.47 Å². The number of nitrogens with zero attached hydrogens (tertiary/aromatic N) is 1. The molecule has 0 aromatic heterocycles. The van der Waals surface area contributed by atoms with Gasteiger partial charge in [0.1, 0.15) is 5.60 Å². The number of carbonyl (C=O) groups excluding carboxylic acids is 1. The van der Waals surface area contributed by atoms with Crippen LogP contribution in [0.3, 0.4) is 0 Å². The molecule has 3 rings (SSSR count). The first-order valence-corrected chi connectivity index (χ1v) is 7.61. The van der Waals surface area contributed by atoms with Crippen LogP contribution in [0.25, 0.3) is 0 Å². The Hall–Kier alpha value is -2.17. The molecule has 4 heteroatoms. The lowest BCUT2D eigenvalue weighted by Crippen LogP contribution is -2.48. The third-order valence-corrected chi connectivity index (χ3v) is 4.65. The first-order chi connectivity index (χ1) is 11.0. The Labute approximate surface area is 136 Å². The standard InChI is InChI=1S/C19H21NO3/c1-13-9-5-6-10-14(13)17(21)20-16-12-8-7-11-15(16)19(2,23-4)18(20)22-3/h5-12,18H,1-4H3. The van der Waals surface area contributed by atoms with Crippen LogP contribution in [0.4, 0.5) is 5.69 Å². The Morgan fingerprint density at radius 3 is 2.39 bits per heavy atom. The molecular formula is C19H21NO3. The van der Waals surface area contributed by atoms with Crippen molar-refractivity contribution in [3.63, 3.8) is 0 Å². The number of amides is 1. The van der Waals surface area contributed by atoms with Gasteiger partial charge in [-0.2, -0.15) is 0 Å². The second-order valence-electron chi connectivity index (χ2n) is 5.91. The van der Waals surface area contributed by atoms with Gasteiger partial charge in [0, 0.05) is 25.3 Å². The SMILES string of the molecule is COC1N(C(=O)c2ccccc2C)c2ccccc2C1(C)OC. The van der Waals surface area contributed by atoms with Gasteiger partial charge in [-0.1, -0.05) is 36.4 Å². The second-order valence-corrected chi connectivity index (χ2v) is 5.91. The first-order valence-electron chi connectivity index (χ1n) is 7.61. The summed E-state index contributed by atoms with van der Waals surface area (Å²) in [5.41, 5.74) is 2.69. The van der Waals surface area contributed by atoms with E-state index in [1.54, 1.807) is 19.1 Å². The number of hydrogen-bond acceptors (Lipinski definition) is 3. The van der Waals surface area contributed by atoms with Crippen molar-refractivity contribution in [2.45, 2.75) is 25.7 Å². The van der Waals surface area contributed by atoms with E-state index in [1.807, 2.05) is 62.4 Å². The van der Waals surface area contributed by atoms with Crippen molar-refractivity contribution in [1.29, 1.82) is 0 Å². The van der Waals surface area contributed by atoms with E-state index in [9.17, 15) is 4.79 Å². The molecule has 2 unspecified atom stereocenters. The fourth-order valence-corrected chi connectivity index (χ4v) is 3.31. The second kappa shape index (κ2) is 5.80. The summed E-state index contributed by atoms with van der Waals surface area (Å²) >= 11 is 0. The molecule has 0 N–H and O–H groups in total. The number of fused-ring (bicyclic) bond motifs is 1. The van der Waals surface area contributed by atoms with Crippen molar-refractivity contribution < 1.29 is 14.3 Å². The van der Waals surface area contributed by atoms with Crippen LogP contribution in [0.5, 0.6) is 0 Å². The summed E-state index contributed by atoms with van der Waals surface area (Å²) in [5, 5.41) is 0. The van der Waals surface area contributed by atoms with Crippen LogP contribution in [0, 0.1) is 6.92 Å². The van der Waals surface area contributed by atoms with Gasteiger partial charge in [-0.05, 0) is 31.5 Å². The van der Waals surface area contributed by atoms with Crippen LogP contribution in [-0.2, 0) is 15.1 Å². The Morgan fingerprint density at radius 2 is 1.74 bits per heavy atom. The molecule has 1 aliphatic rings. The molecule has 2 aromatic rings. The molecule has 1 heterocycles. The summed E-state index contributed by atoms with van der Waals surface area (Å²) in [5.74, 6) is -0.0804. The Kier molecular flexibility index (Phi) is 3.96. The van der Waals surface area contributed by atoms with Crippen molar-refractivity contribution in [2.75, 3.05) is 19.1 Å². The Bertz CT molecular complexity index is 743. The average molecular weight is 311 g/mol. The molecule has 1 aliphatic heterocycles. The molecule has 0 bridgehead atoms. The number of anilines is 1. The number of aryl methyl sites for hydroxylation is 1. The van der Waals surface area contributed by atoms with Crippen LogP contribution < -0.4 is 4.90 Å². The average Bonchev–Trinajstić information content (AvgIpc) is 2.84. The summed E-state index contributed by atoms with van der Waals surface area (Å²) in [6.07, 6.45) is -0.517. The summed E-state index contributed by atoms with van der Waals surface area (Å²) in [4.78, 5) is 14.9. The number of benzene rings is 2. The molecule has 0 spiro atoms. The van der Waals surface area contributed by atoms with E-state index in [1.165, 1.54) is 0 Å². The monoisotopic (exact) mass is 311 g/mol. The van der Waals surface area contributed by atoms with E-state index < -0.39 is 11.8 Å².